The highest BCUT2D eigenvalue weighted by Gasteiger charge is 2.27. The summed E-state index contributed by atoms with van der Waals surface area (Å²) in [6.07, 6.45) is 0. The third-order valence-corrected chi connectivity index (χ3v) is 3.46. The third-order valence-electron chi connectivity index (χ3n) is 3.46. The molecule has 3 rings (SSSR count). The van der Waals surface area contributed by atoms with Crippen molar-refractivity contribution >= 4 is 17.1 Å². The smallest absolute Gasteiger partial charge is 0.337 e. The molecule has 106 valence electrons. The molecule has 5 nitrogen and oxygen atoms in total. The van der Waals surface area contributed by atoms with Gasteiger partial charge in [-0.25, -0.2) is 9.78 Å². The van der Waals surface area contributed by atoms with Gasteiger partial charge in [0.25, 0.3) is 0 Å². The molecule has 0 radical (unpaired) electrons. The number of hydrogen-bond acceptors (Lipinski definition) is 5. The number of nitrogens with zero attached hydrogens (tertiary/aromatic N) is 2. The monoisotopic (exact) mass is 278 g/mol. The van der Waals surface area contributed by atoms with E-state index in [1.165, 1.54) is 7.11 Å². The van der Waals surface area contributed by atoms with Gasteiger partial charge in [-0.2, -0.15) is 0 Å². The summed E-state index contributed by atoms with van der Waals surface area (Å²) >= 11 is 0. The molecule has 2 heterocycles. The molecular weight excluding hydrogens is 263 g/mol. The molecule has 0 unspecified atom stereocenters. The Hall–Kier alpha value is -1.95. The molecule has 1 fully saturated rings. The molecule has 0 bridgehead atoms. The van der Waals surface area contributed by atoms with E-state index in [2.05, 4.69) is 14.6 Å². The van der Waals surface area contributed by atoms with Gasteiger partial charge in [-0.05, 0) is 18.2 Å². The van der Waals surface area contributed by atoms with Crippen LogP contribution in [-0.2, 0) is 11.3 Å². The highest BCUT2D eigenvalue weighted by molar-refractivity contribution is 5.93. The number of ether oxygens (including phenoxy) is 1. The summed E-state index contributed by atoms with van der Waals surface area (Å²) in [4.78, 5) is 17.9. The van der Waals surface area contributed by atoms with Crippen molar-refractivity contribution in [3.63, 3.8) is 0 Å². The summed E-state index contributed by atoms with van der Waals surface area (Å²) in [5.41, 5.74) is 1.70. The number of halogens is 1. The van der Waals surface area contributed by atoms with Crippen molar-refractivity contribution in [3.05, 3.63) is 29.7 Å². The molecule has 0 aliphatic carbocycles. The maximum absolute atomic E-state index is 12.4. The number of carbonyl (C=O) groups excluding carboxylic acids is 1. The summed E-state index contributed by atoms with van der Waals surface area (Å²) in [6, 6.07) is 5.01. The first kappa shape index (κ1) is 13.1. The maximum Gasteiger partial charge on any atom is 0.337 e. The van der Waals surface area contributed by atoms with Crippen LogP contribution in [0.1, 0.15) is 16.2 Å². The van der Waals surface area contributed by atoms with Crippen LogP contribution in [0.15, 0.2) is 22.6 Å². The Bertz CT molecular complexity index is 634. The van der Waals surface area contributed by atoms with E-state index in [1.54, 1.807) is 18.2 Å². The van der Waals surface area contributed by atoms with E-state index in [0.717, 1.165) is 13.1 Å². The number of aromatic nitrogens is 1. The van der Waals surface area contributed by atoms with Crippen molar-refractivity contribution in [2.45, 2.75) is 6.54 Å². The molecule has 1 aliphatic rings. The SMILES string of the molecule is COC(=O)c1ccc2nc(CN3CC(CF)C3)oc2c1. The summed E-state index contributed by atoms with van der Waals surface area (Å²) in [5, 5.41) is 0. The van der Waals surface area contributed by atoms with Crippen LogP contribution in [0, 0.1) is 5.92 Å². The number of likely N-dealkylation sites (tertiary alicyclic amines) is 1. The Balaban J connectivity index is 1.75. The summed E-state index contributed by atoms with van der Waals surface area (Å²) in [7, 11) is 1.34. The summed E-state index contributed by atoms with van der Waals surface area (Å²) < 4.78 is 22.6. The van der Waals surface area contributed by atoms with Crippen molar-refractivity contribution < 1.29 is 18.3 Å². The number of alkyl halides is 1. The highest BCUT2D eigenvalue weighted by Crippen LogP contribution is 2.22. The minimum Gasteiger partial charge on any atom is -0.465 e. The van der Waals surface area contributed by atoms with E-state index >= 15 is 0 Å². The van der Waals surface area contributed by atoms with E-state index in [1.807, 2.05) is 0 Å². The van der Waals surface area contributed by atoms with Crippen LogP contribution in [-0.4, -0.2) is 42.7 Å². The predicted molar refractivity (Wildman–Crippen MR) is 70.1 cm³/mol. The number of carbonyl (C=O) groups is 1. The van der Waals surface area contributed by atoms with Crippen LogP contribution >= 0.6 is 0 Å². The Morgan fingerprint density at radius 2 is 2.35 bits per heavy atom. The molecule has 0 saturated carbocycles. The molecular formula is C14H15FN2O3. The minimum absolute atomic E-state index is 0.144. The second-order valence-electron chi connectivity index (χ2n) is 5.00. The third kappa shape index (κ3) is 2.38. The number of methoxy groups -OCH3 is 1. The Kier molecular flexibility index (Phi) is 3.40. The van der Waals surface area contributed by atoms with Crippen molar-refractivity contribution in [1.29, 1.82) is 0 Å². The lowest BCUT2D eigenvalue weighted by Crippen LogP contribution is -2.46. The lowest BCUT2D eigenvalue weighted by atomic mass is 10.0. The maximum atomic E-state index is 12.4. The molecule has 0 atom stereocenters. The van der Waals surface area contributed by atoms with Crippen molar-refractivity contribution in [2.75, 3.05) is 26.9 Å². The van der Waals surface area contributed by atoms with Crippen molar-refractivity contribution in [1.82, 2.24) is 9.88 Å². The zero-order valence-corrected chi connectivity index (χ0v) is 11.1. The molecule has 2 aromatic rings. The normalized spacial score (nSPS) is 16.3. The van der Waals surface area contributed by atoms with Crippen LogP contribution in [0.4, 0.5) is 4.39 Å². The van der Waals surface area contributed by atoms with E-state index < -0.39 is 5.97 Å². The predicted octanol–water partition coefficient (Wildman–Crippen LogP) is 2.02. The molecule has 1 aromatic heterocycles. The lowest BCUT2D eigenvalue weighted by molar-refractivity contribution is 0.0600. The van der Waals surface area contributed by atoms with Crippen LogP contribution in [0.3, 0.4) is 0 Å². The molecule has 20 heavy (non-hydrogen) atoms. The second kappa shape index (κ2) is 5.20. The number of oxazole rings is 1. The van der Waals surface area contributed by atoms with Gasteiger partial charge in [0.15, 0.2) is 5.58 Å². The first-order chi connectivity index (χ1) is 9.69. The van der Waals surface area contributed by atoms with Crippen molar-refractivity contribution in [2.24, 2.45) is 5.92 Å². The van der Waals surface area contributed by atoms with Crippen LogP contribution in [0.2, 0.25) is 0 Å². The van der Waals surface area contributed by atoms with Crippen LogP contribution < -0.4 is 0 Å². The Morgan fingerprint density at radius 3 is 3.05 bits per heavy atom. The van der Waals surface area contributed by atoms with Crippen LogP contribution in [0.5, 0.6) is 0 Å². The fourth-order valence-corrected chi connectivity index (χ4v) is 2.38. The zero-order chi connectivity index (χ0) is 14.1. The second-order valence-corrected chi connectivity index (χ2v) is 5.00. The Morgan fingerprint density at radius 1 is 1.55 bits per heavy atom. The van der Waals surface area contributed by atoms with Gasteiger partial charge in [0.1, 0.15) is 5.52 Å². The zero-order valence-electron chi connectivity index (χ0n) is 11.1. The van der Waals surface area contributed by atoms with Gasteiger partial charge in [-0.3, -0.25) is 9.29 Å². The molecule has 6 heteroatoms. The number of fused-ring (bicyclic) bond motifs is 1. The average Bonchev–Trinajstić information content (AvgIpc) is 2.82. The molecule has 1 aliphatic heterocycles. The lowest BCUT2D eigenvalue weighted by Gasteiger charge is -2.36. The number of hydrogen-bond donors (Lipinski definition) is 0. The number of esters is 1. The largest absolute Gasteiger partial charge is 0.465 e. The fraction of sp³-hybridized carbons (Fsp3) is 0.429. The summed E-state index contributed by atoms with van der Waals surface area (Å²) in [6.45, 7) is 1.77. The van der Waals surface area contributed by atoms with E-state index in [-0.39, 0.29) is 12.6 Å². The molecule has 1 aromatic carbocycles. The number of benzene rings is 1. The number of rotatable bonds is 4. The van der Waals surface area contributed by atoms with Gasteiger partial charge in [0.2, 0.25) is 5.89 Å². The van der Waals surface area contributed by atoms with Gasteiger partial charge in [0, 0.05) is 19.0 Å². The van der Waals surface area contributed by atoms with E-state index in [9.17, 15) is 9.18 Å². The molecule has 0 spiro atoms. The first-order valence-corrected chi connectivity index (χ1v) is 6.45. The topological polar surface area (TPSA) is 55.6 Å². The van der Waals surface area contributed by atoms with Gasteiger partial charge in [-0.15, -0.1) is 0 Å². The molecule has 0 N–H and O–H groups in total. The van der Waals surface area contributed by atoms with E-state index in [0.29, 0.717) is 29.1 Å². The standard InChI is InChI=1S/C14H15FN2O3/c1-19-14(18)10-2-3-11-12(4-10)20-13(16-11)8-17-6-9(5-15)7-17/h2-4,9H,5-8H2,1H3. The first-order valence-electron chi connectivity index (χ1n) is 6.45. The molecule has 1 saturated heterocycles. The van der Waals surface area contributed by atoms with Gasteiger partial charge in [0.05, 0.1) is 25.9 Å². The van der Waals surface area contributed by atoms with Crippen molar-refractivity contribution in [3.8, 4) is 0 Å². The van der Waals surface area contributed by atoms with E-state index in [4.69, 9.17) is 4.42 Å². The van der Waals surface area contributed by atoms with Gasteiger partial charge >= 0.3 is 5.97 Å². The van der Waals surface area contributed by atoms with Gasteiger partial charge in [-0.1, -0.05) is 0 Å². The molecule has 0 amide bonds. The van der Waals surface area contributed by atoms with Gasteiger partial charge < -0.3 is 9.15 Å². The average molecular weight is 278 g/mol. The highest BCUT2D eigenvalue weighted by atomic mass is 19.1. The summed E-state index contributed by atoms with van der Waals surface area (Å²) in [5.74, 6) is 0.322. The Labute approximate surface area is 115 Å². The fourth-order valence-electron chi connectivity index (χ4n) is 2.38. The quantitative estimate of drug-likeness (QED) is 0.801. The minimum atomic E-state index is -0.404. The van der Waals surface area contributed by atoms with Crippen LogP contribution in [0.25, 0.3) is 11.1 Å².